The van der Waals surface area contributed by atoms with Gasteiger partial charge >= 0.3 is 0 Å². The molecule has 0 spiro atoms. The smallest absolute Gasteiger partial charge is 0.226 e. The average molecular weight is 287 g/mol. The third-order valence-corrected chi connectivity index (χ3v) is 3.06. The Morgan fingerprint density at radius 1 is 1.43 bits per heavy atom. The first kappa shape index (κ1) is 15.2. The highest BCUT2D eigenvalue weighted by Gasteiger charge is 2.12. The maximum atomic E-state index is 11.3. The van der Waals surface area contributed by atoms with Crippen LogP contribution in [0.3, 0.4) is 0 Å². The number of carbonyl (C=O) groups is 1. The lowest BCUT2D eigenvalue weighted by Gasteiger charge is -2.08. The minimum absolute atomic E-state index is 0.127. The summed E-state index contributed by atoms with van der Waals surface area (Å²) in [5.41, 5.74) is 1.79. The Labute approximate surface area is 124 Å². The fourth-order valence-electron chi connectivity index (χ4n) is 1.95. The summed E-state index contributed by atoms with van der Waals surface area (Å²) < 4.78 is 5.77. The summed E-state index contributed by atoms with van der Waals surface area (Å²) in [6.45, 7) is 6.65. The van der Waals surface area contributed by atoms with Gasteiger partial charge in [0.2, 0.25) is 5.88 Å². The molecule has 2 aromatic heterocycles. The first-order valence-corrected chi connectivity index (χ1v) is 7.25. The molecule has 0 amide bonds. The standard InChI is InChI=1S/C16H21N3O2/c1-4-13(20)7-5-6-12-8-17-15-14(12)16(19-10-18-15)21-9-11(2)3/h5,7-8,10-11H,4,6,9H2,1-3H3,(H,17,18,19)/b7-5+. The van der Waals surface area contributed by atoms with Crippen molar-refractivity contribution in [2.24, 2.45) is 5.92 Å². The molecule has 0 fully saturated rings. The number of H-pyrrole nitrogens is 1. The van der Waals surface area contributed by atoms with Crippen LogP contribution < -0.4 is 4.74 Å². The van der Waals surface area contributed by atoms with Gasteiger partial charge in [-0.3, -0.25) is 4.79 Å². The Kier molecular flexibility index (Phi) is 5.09. The van der Waals surface area contributed by atoms with Crippen LogP contribution in [0.25, 0.3) is 11.0 Å². The van der Waals surface area contributed by atoms with Crippen LogP contribution in [0.15, 0.2) is 24.7 Å². The zero-order valence-electron chi connectivity index (χ0n) is 12.7. The predicted molar refractivity (Wildman–Crippen MR) is 82.4 cm³/mol. The zero-order chi connectivity index (χ0) is 15.2. The van der Waals surface area contributed by atoms with Gasteiger partial charge in [0.05, 0.1) is 12.0 Å². The largest absolute Gasteiger partial charge is 0.477 e. The molecule has 0 aliphatic carbocycles. The van der Waals surface area contributed by atoms with Gasteiger partial charge < -0.3 is 9.72 Å². The van der Waals surface area contributed by atoms with Crippen LogP contribution in [0.1, 0.15) is 32.8 Å². The van der Waals surface area contributed by atoms with Crippen LogP contribution in [0, 0.1) is 5.92 Å². The molecule has 0 atom stereocenters. The minimum atomic E-state index is 0.127. The second-order valence-electron chi connectivity index (χ2n) is 5.35. The normalized spacial score (nSPS) is 11.6. The third kappa shape index (κ3) is 3.90. The number of ketones is 1. The van der Waals surface area contributed by atoms with Crippen LogP contribution in [0.4, 0.5) is 0 Å². The molecular weight excluding hydrogens is 266 g/mol. The third-order valence-electron chi connectivity index (χ3n) is 3.06. The lowest BCUT2D eigenvalue weighted by molar-refractivity contribution is -0.114. The van der Waals surface area contributed by atoms with Crippen molar-refractivity contribution >= 4 is 16.8 Å². The number of hydrogen-bond donors (Lipinski definition) is 1. The molecule has 1 N–H and O–H groups in total. The van der Waals surface area contributed by atoms with Gasteiger partial charge in [-0.25, -0.2) is 9.97 Å². The Bertz CT molecular complexity index is 644. The maximum Gasteiger partial charge on any atom is 0.226 e. The molecule has 2 aromatic rings. The molecule has 21 heavy (non-hydrogen) atoms. The molecule has 0 saturated carbocycles. The molecule has 5 heteroatoms. The van der Waals surface area contributed by atoms with E-state index in [4.69, 9.17) is 4.74 Å². The molecule has 0 bridgehead atoms. The van der Waals surface area contributed by atoms with Crippen molar-refractivity contribution in [3.8, 4) is 5.88 Å². The number of aromatic amines is 1. The summed E-state index contributed by atoms with van der Waals surface area (Å²) >= 11 is 0. The number of nitrogens with one attached hydrogen (secondary N) is 1. The first-order valence-electron chi connectivity index (χ1n) is 7.25. The topological polar surface area (TPSA) is 67.9 Å². The number of aromatic nitrogens is 3. The first-order chi connectivity index (χ1) is 10.1. The molecule has 5 nitrogen and oxygen atoms in total. The van der Waals surface area contributed by atoms with Crippen molar-refractivity contribution in [1.82, 2.24) is 15.0 Å². The number of rotatable bonds is 7. The molecular formula is C16H21N3O2. The second-order valence-corrected chi connectivity index (χ2v) is 5.35. The van der Waals surface area contributed by atoms with Crippen LogP contribution in [-0.4, -0.2) is 27.3 Å². The second kappa shape index (κ2) is 7.02. The minimum Gasteiger partial charge on any atom is -0.477 e. The number of ether oxygens (including phenoxy) is 1. The van der Waals surface area contributed by atoms with Crippen LogP contribution >= 0.6 is 0 Å². The van der Waals surface area contributed by atoms with Crippen LogP contribution in [-0.2, 0) is 11.2 Å². The molecule has 0 radical (unpaired) electrons. The highest BCUT2D eigenvalue weighted by molar-refractivity contribution is 5.89. The monoisotopic (exact) mass is 287 g/mol. The van der Waals surface area contributed by atoms with E-state index < -0.39 is 0 Å². The summed E-state index contributed by atoms with van der Waals surface area (Å²) in [5, 5.41) is 0.895. The number of carbonyl (C=O) groups excluding carboxylic acids is 1. The van der Waals surface area contributed by atoms with E-state index in [0.717, 1.165) is 16.6 Å². The van der Waals surface area contributed by atoms with Crippen molar-refractivity contribution in [2.45, 2.75) is 33.6 Å². The van der Waals surface area contributed by atoms with Gasteiger partial charge in [-0.1, -0.05) is 26.8 Å². The van der Waals surface area contributed by atoms with Crippen molar-refractivity contribution < 1.29 is 9.53 Å². The molecule has 0 aliphatic rings. The van der Waals surface area contributed by atoms with E-state index in [1.165, 1.54) is 6.33 Å². The van der Waals surface area contributed by atoms with E-state index in [0.29, 0.717) is 31.2 Å². The quantitative estimate of drug-likeness (QED) is 0.795. The van der Waals surface area contributed by atoms with Crippen molar-refractivity contribution in [3.05, 3.63) is 30.2 Å². The van der Waals surface area contributed by atoms with E-state index in [1.807, 2.05) is 19.2 Å². The number of allylic oxidation sites excluding steroid dienone is 2. The molecule has 0 aliphatic heterocycles. The summed E-state index contributed by atoms with van der Waals surface area (Å²) in [5.74, 6) is 1.15. The highest BCUT2D eigenvalue weighted by Crippen LogP contribution is 2.26. The van der Waals surface area contributed by atoms with Gasteiger partial charge in [-0.15, -0.1) is 0 Å². The van der Waals surface area contributed by atoms with E-state index in [1.54, 1.807) is 6.08 Å². The summed E-state index contributed by atoms with van der Waals surface area (Å²) in [6.07, 6.45) is 8.05. The van der Waals surface area contributed by atoms with Gasteiger partial charge in [0.15, 0.2) is 5.78 Å². The highest BCUT2D eigenvalue weighted by atomic mass is 16.5. The number of nitrogens with zero attached hydrogens (tertiary/aromatic N) is 2. The molecule has 112 valence electrons. The Balaban J connectivity index is 2.23. The molecule has 2 heterocycles. The molecule has 0 unspecified atom stereocenters. The SMILES string of the molecule is CCC(=O)/C=C/Cc1c[nH]c2ncnc(OCC(C)C)c12. The van der Waals surface area contributed by atoms with Gasteiger partial charge in [0.25, 0.3) is 0 Å². The summed E-state index contributed by atoms with van der Waals surface area (Å²) in [4.78, 5) is 22.9. The van der Waals surface area contributed by atoms with Crippen LogP contribution in [0.2, 0.25) is 0 Å². The van der Waals surface area contributed by atoms with E-state index in [-0.39, 0.29) is 5.78 Å². The van der Waals surface area contributed by atoms with Crippen molar-refractivity contribution in [3.63, 3.8) is 0 Å². The van der Waals surface area contributed by atoms with Crippen molar-refractivity contribution in [2.75, 3.05) is 6.61 Å². The molecule has 0 saturated heterocycles. The fraction of sp³-hybridized carbons (Fsp3) is 0.438. The number of hydrogen-bond acceptors (Lipinski definition) is 4. The Morgan fingerprint density at radius 2 is 2.24 bits per heavy atom. The average Bonchev–Trinajstić information content (AvgIpc) is 2.88. The van der Waals surface area contributed by atoms with Crippen LogP contribution in [0.5, 0.6) is 5.88 Å². The fourth-order valence-corrected chi connectivity index (χ4v) is 1.95. The van der Waals surface area contributed by atoms with E-state index in [2.05, 4.69) is 28.8 Å². The van der Waals surface area contributed by atoms with E-state index >= 15 is 0 Å². The van der Waals surface area contributed by atoms with Gasteiger partial charge in [0, 0.05) is 12.6 Å². The lowest BCUT2D eigenvalue weighted by Crippen LogP contribution is -2.06. The predicted octanol–water partition coefficient (Wildman–Crippen LogP) is 3.07. The summed E-state index contributed by atoms with van der Waals surface area (Å²) in [6, 6.07) is 0. The van der Waals surface area contributed by atoms with Gasteiger partial charge in [-0.2, -0.15) is 0 Å². The molecule has 0 aromatic carbocycles. The lowest BCUT2D eigenvalue weighted by atomic mass is 10.1. The van der Waals surface area contributed by atoms with Gasteiger partial charge in [0.1, 0.15) is 12.0 Å². The van der Waals surface area contributed by atoms with E-state index in [9.17, 15) is 4.79 Å². The van der Waals surface area contributed by atoms with Crippen molar-refractivity contribution in [1.29, 1.82) is 0 Å². The summed E-state index contributed by atoms with van der Waals surface area (Å²) in [7, 11) is 0. The zero-order valence-corrected chi connectivity index (χ0v) is 12.7. The Hall–Kier alpha value is -2.17. The van der Waals surface area contributed by atoms with Gasteiger partial charge in [-0.05, 0) is 24.0 Å². The number of fused-ring (bicyclic) bond motifs is 1. The Morgan fingerprint density at radius 3 is 2.95 bits per heavy atom. The molecule has 2 rings (SSSR count). The maximum absolute atomic E-state index is 11.3.